The van der Waals surface area contributed by atoms with Gasteiger partial charge >= 0.3 is 5.76 Å². The summed E-state index contributed by atoms with van der Waals surface area (Å²) in [6, 6.07) is 0. The average Bonchev–Trinajstić information content (AvgIpc) is 2.03. The van der Waals surface area contributed by atoms with Gasteiger partial charge in [0.05, 0.1) is 0 Å². The van der Waals surface area contributed by atoms with Crippen molar-refractivity contribution in [1.82, 2.24) is 4.31 Å². The molecule has 0 radical (unpaired) electrons. The van der Waals surface area contributed by atoms with Crippen LogP contribution in [0.2, 0.25) is 0 Å². The van der Waals surface area contributed by atoms with Gasteiger partial charge < -0.3 is 0 Å². The SMILES string of the molecule is CCCN(CCBr)S(=O)(=O)C(F)F. The summed E-state index contributed by atoms with van der Waals surface area (Å²) in [5.41, 5.74) is 0. The zero-order valence-electron chi connectivity index (χ0n) is 7.21. The van der Waals surface area contributed by atoms with Gasteiger partial charge in [0.15, 0.2) is 0 Å². The summed E-state index contributed by atoms with van der Waals surface area (Å²) in [5, 5.41) is 0.360. The predicted molar refractivity (Wildman–Crippen MR) is 50.6 cm³/mol. The van der Waals surface area contributed by atoms with Gasteiger partial charge in [-0.1, -0.05) is 22.9 Å². The molecule has 0 aromatic rings. The smallest absolute Gasteiger partial charge is 0.206 e. The molecule has 0 rings (SSSR count). The first-order chi connectivity index (χ1) is 5.96. The van der Waals surface area contributed by atoms with E-state index in [4.69, 9.17) is 0 Å². The third-order valence-electron chi connectivity index (χ3n) is 1.39. The molecule has 0 saturated carbocycles. The molecule has 13 heavy (non-hydrogen) atoms. The molecular weight excluding hydrogens is 268 g/mol. The zero-order valence-corrected chi connectivity index (χ0v) is 9.61. The van der Waals surface area contributed by atoms with Crippen molar-refractivity contribution in [3.63, 3.8) is 0 Å². The van der Waals surface area contributed by atoms with Crippen molar-refractivity contribution in [1.29, 1.82) is 0 Å². The van der Waals surface area contributed by atoms with Crippen LogP contribution in [-0.4, -0.2) is 36.9 Å². The highest BCUT2D eigenvalue weighted by molar-refractivity contribution is 9.09. The molecule has 0 aliphatic carbocycles. The Morgan fingerprint density at radius 2 is 1.92 bits per heavy atom. The van der Waals surface area contributed by atoms with Crippen LogP contribution in [0.4, 0.5) is 8.78 Å². The quantitative estimate of drug-likeness (QED) is 0.694. The molecule has 0 N–H and O–H groups in total. The Hall–Kier alpha value is 0.250. The summed E-state index contributed by atoms with van der Waals surface area (Å²) in [6.07, 6.45) is 0.527. The first-order valence-electron chi connectivity index (χ1n) is 3.79. The summed E-state index contributed by atoms with van der Waals surface area (Å²) in [5.74, 6) is -3.32. The van der Waals surface area contributed by atoms with E-state index in [0.717, 1.165) is 4.31 Å². The second kappa shape index (κ2) is 5.87. The summed E-state index contributed by atoms with van der Waals surface area (Å²) in [7, 11) is -4.39. The third kappa shape index (κ3) is 3.86. The fraction of sp³-hybridized carbons (Fsp3) is 1.00. The molecule has 0 unspecified atom stereocenters. The van der Waals surface area contributed by atoms with Crippen LogP contribution in [0.3, 0.4) is 0 Å². The van der Waals surface area contributed by atoms with Crippen LogP contribution in [0.25, 0.3) is 0 Å². The fourth-order valence-electron chi connectivity index (χ4n) is 0.823. The van der Waals surface area contributed by atoms with E-state index in [1.54, 1.807) is 6.92 Å². The van der Waals surface area contributed by atoms with E-state index in [0.29, 0.717) is 11.8 Å². The van der Waals surface area contributed by atoms with Crippen molar-refractivity contribution < 1.29 is 17.2 Å². The summed E-state index contributed by atoms with van der Waals surface area (Å²) < 4.78 is 46.9. The minimum atomic E-state index is -4.39. The molecule has 0 saturated heterocycles. The molecule has 0 atom stereocenters. The van der Waals surface area contributed by atoms with Gasteiger partial charge in [0.25, 0.3) is 10.0 Å². The Labute approximate surface area is 85.3 Å². The molecule has 0 amide bonds. The van der Waals surface area contributed by atoms with Crippen LogP contribution in [0.1, 0.15) is 13.3 Å². The van der Waals surface area contributed by atoms with E-state index in [-0.39, 0.29) is 13.1 Å². The van der Waals surface area contributed by atoms with Crippen molar-refractivity contribution in [2.45, 2.75) is 19.1 Å². The van der Waals surface area contributed by atoms with Gasteiger partial charge in [-0.15, -0.1) is 0 Å². The highest BCUT2D eigenvalue weighted by Crippen LogP contribution is 2.12. The van der Waals surface area contributed by atoms with Crippen molar-refractivity contribution in [2.75, 3.05) is 18.4 Å². The highest BCUT2D eigenvalue weighted by atomic mass is 79.9. The number of nitrogens with zero attached hydrogens (tertiary/aromatic N) is 1. The van der Waals surface area contributed by atoms with Gasteiger partial charge in [-0.3, -0.25) is 0 Å². The maximum atomic E-state index is 12.1. The van der Waals surface area contributed by atoms with E-state index < -0.39 is 15.8 Å². The number of alkyl halides is 3. The lowest BCUT2D eigenvalue weighted by molar-refractivity contribution is 0.220. The van der Waals surface area contributed by atoms with E-state index >= 15 is 0 Å². The first kappa shape index (κ1) is 13.2. The molecule has 0 fully saturated rings. The normalized spacial score (nSPS) is 12.8. The van der Waals surface area contributed by atoms with Crippen LogP contribution in [0.5, 0.6) is 0 Å². The number of hydrogen-bond donors (Lipinski definition) is 0. The van der Waals surface area contributed by atoms with Crippen LogP contribution < -0.4 is 0 Å². The van der Waals surface area contributed by atoms with Crippen LogP contribution in [0.15, 0.2) is 0 Å². The molecule has 3 nitrogen and oxygen atoms in total. The maximum Gasteiger partial charge on any atom is 0.350 e. The average molecular weight is 280 g/mol. The monoisotopic (exact) mass is 279 g/mol. The second-order valence-corrected chi connectivity index (χ2v) is 5.09. The fourth-order valence-corrected chi connectivity index (χ4v) is 2.49. The van der Waals surface area contributed by atoms with Gasteiger partial charge in [-0.25, -0.2) is 8.42 Å². The minimum absolute atomic E-state index is 0.0838. The number of hydrogen-bond acceptors (Lipinski definition) is 2. The molecule has 0 aliphatic rings. The van der Waals surface area contributed by atoms with Crippen molar-refractivity contribution in [2.24, 2.45) is 0 Å². The lowest BCUT2D eigenvalue weighted by Gasteiger charge is -2.19. The molecule has 0 heterocycles. The Balaban J connectivity index is 4.52. The molecular formula is C6H12BrF2NO2S. The number of rotatable bonds is 6. The van der Waals surface area contributed by atoms with Gasteiger partial charge in [0, 0.05) is 18.4 Å². The largest absolute Gasteiger partial charge is 0.350 e. The first-order valence-corrected chi connectivity index (χ1v) is 6.42. The van der Waals surface area contributed by atoms with Gasteiger partial charge in [0.2, 0.25) is 0 Å². The minimum Gasteiger partial charge on any atom is -0.206 e. The Morgan fingerprint density at radius 3 is 2.23 bits per heavy atom. The molecule has 80 valence electrons. The second-order valence-electron chi connectivity index (χ2n) is 2.39. The standard InChI is InChI=1S/C6H12BrF2NO2S/c1-2-4-10(5-3-7)13(11,12)6(8)9/h6H,2-5H2,1H3. The molecule has 0 aromatic heterocycles. The summed E-state index contributed by atoms with van der Waals surface area (Å²) in [6.45, 7) is 1.96. The van der Waals surface area contributed by atoms with Crippen LogP contribution >= 0.6 is 15.9 Å². The van der Waals surface area contributed by atoms with Crippen molar-refractivity contribution in [3.8, 4) is 0 Å². The van der Waals surface area contributed by atoms with E-state index in [9.17, 15) is 17.2 Å². The number of sulfonamides is 1. The van der Waals surface area contributed by atoms with Crippen LogP contribution in [0, 0.1) is 0 Å². The van der Waals surface area contributed by atoms with E-state index in [2.05, 4.69) is 15.9 Å². The Morgan fingerprint density at radius 1 is 1.38 bits per heavy atom. The lowest BCUT2D eigenvalue weighted by atomic mass is 10.5. The molecule has 0 bridgehead atoms. The van der Waals surface area contributed by atoms with Gasteiger partial charge in [0.1, 0.15) is 0 Å². The maximum absolute atomic E-state index is 12.1. The Bertz CT molecular complexity index is 227. The van der Waals surface area contributed by atoms with Gasteiger partial charge in [-0.05, 0) is 6.42 Å². The predicted octanol–water partition coefficient (Wildman–Crippen LogP) is 1.65. The third-order valence-corrected chi connectivity index (χ3v) is 3.28. The molecule has 0 spiro atoms. The highest BCUT2D eigenvalue weighted by Gasteiger charge is 2.30. The Kier molecular flexibility index (Phi) is 5.98. The van der Waals surface area contributed by atoms with Crippen molar-refractivity contribution >= 4 is 26.0 Å². The topological polar surface area (TPSA) is 37.4 Å². The van der Waals surface area contributed by atoms with Gasteiger partial charge in [-0.2, -0.15) is 13.1 Å². The molecule has 0 aromatic carbocycles. The molecule has 7 heteroatoms. The zero-order chi connectivity index (χ0) is 10.5. The lowest BCUT2D eigenvalue weighted by Crippen LogP contribution is -2.37. The van der Waals surface area contributed by atoms with E-state index in [1.165, 1.54) is 0 Å². The van der Waals surface area contributed by atoms with E-state index in [1.807, 2.05) is 0 Å². The summed E-state index contributed by atoms with van der Waals surface area (Å²) in [4.78, 5) is 0. The number of halogens is 3. The van der Waals surface area contributed by atoms with Crippen molar-refractivity contribution in [3.05, 3.63) is 0 Å². The summed E-state index contributed by atoms with van der Waals surface area (Å²) >= 11 is 3.01. The van der Waals surface area contributed by atoms with Crippen LogP contribution in [-0.2, 0) is 10.0 Å². The molecule has 0 aliphatic heterocycles.